The van der Waals surface area contributed by atoms with Crippen molar-refractivity contribution in [3.05, 3.63) is 24.3 Å². The third kappa shape index (κ3) is 4.93. The lowest BCUT2D eigenvalue weighted by Crippen LogP contribution is -2.52. The van der Waals surface area contributed by atoms with Gasteiger partial charge < -0.3 is 20.2 Å². The van der Waals surface area contributed by atoms with Gasteiger partial charge in [-0.1, -0.05) is 25.5 Å². The predicted molar refractivity (Wildman–Crippen MR) is 104 cm³/mol. The van der Waals surface area contributed by atoms with E-state index in [1.165, 1.54) is 6.42 Å². The molecule has 6 heteroatoms. The van der Waals surface area contributed by atoms with E-state index in [1.807, 2.05) is 25.2 Å². The molecular weight excluding hydrogens is 391 g/mol. The van der Waals surface area contributed by atoms with Gasteiger partial charge in [0.25, 0.3) is 0 Å². The summed E-state index contributed by atoms with van der Waals surface area (Å²) in [5.74, 6) is 1.34. The number of phenols is 1. The topological polar surface area (TPSA) is 51.1 Å². The van der Waals surface area contributed by atoms with Crippen molar-refractivity contribution in [1.29, 1.82) is 0 Å². The van der Waals surface area contributed by atoms with Crippen LogP contribution in [-0.2, 0) is 0 Å². The number of nitrogens with zero attached hydrogens (tertiary/aromatic N) is 3. The molecule has 1 aromatic carbocycles. The van der Waals surface area contributed by atoms with E-state index in [2.05, 4.69) is 27.0 Å². The molecule has 0 atom stereocenters. The van der Waals surface area contributed by atoms with Crippen molar-refractivity contribution in [3.8, 4) is 5.75 Å². The number of aromatic hydroxyl groups is 1. The van der Waals surface area contributed by atoms with E-state index in [1.54, 1.807) is 6.07 Å². The van der Waals surface area contributed by atoms with Gasteiger partial charge in [-0.15, -0.1) is 24.0 Å². The molecule has 1 saturated heterocycles. The Morgan fingerprint density at radius 3 is 2.50 bits per heavy atom. The van der Waals surface area contributed by atoms with Gasteiger partial charge in [-0.2, -0.15) is 0 Å². The molecule has 2 N–H and O–H groups in total. The first-order valence-electron chi connectivity index (χ1n) is 7.74. The van der Waals surface area contributed by atoms with Crippen LogP contribution in [0.1, 0.15) is 19.8 Å². The van der Waals surface area contributed by atoms with Crippen LogP contribution < -0.4 is 10.2 Å². The molecule has 0 radical (unpaired) electrons. The van der Waals surface area contributed by atoms with E-state index in [9.17, 15) is 5.11 Å². The number of unbranched alkanes of at least 4 members (excludes halogenated alkanes) is 1. The summed E-state index contributed by atoms with van der Waals surface area (Å²) in [5, 5.41) is 13.4. The Morgan fingerprint density at radius 2 is 1.91 bits per heavy atom. The van der Waals surface area contributed by atoms with Crippen molar-refractivity contribution in [2.45, 2.75) is 19.8 Å². The highest BCUT2D eigenvalue weighted by atomic mass is 127. The maximum absolute atomic E-state index is 9.94. The normalized spacial score (nSPS) is 15.5. The number of hydrogen-bond acceptors (Lipinski definition) is 3. The van der Waals surface area contributed by atoms with Gasteiger partial charge in [-0.25, -0.2) is 0 Å². The summed E-state index contributed by atoms with van der Waals surface area (Å²) in [4.78, 5) is 8.87. The van der Waals surface area contributed by atoms with Gasteiger partial charge in [-0.05, 0) is 18.6 Å². The van der Waals surface area contributed by atoms with Crippen LogP contribution >= 0.6 is 24.0 Å². The molecule has 0 saturated carbocycles. The molecule has 0 spiro atoms. The first kappa shape index (κ1) is 18.9. The molecular formula is C16H27IN4O. The summed E-state index contributed by atoms with van der Waals surface area (Å²) < 4.78 is 0. The molecule has 0 bridgehead atoms. The lowest BCUT2D eigenvalue weighted by atomic mass is 10.2. The number of para-hydroxylation sites is 2. The van der Waals surface area contributed by atoms with Crippen LogP contribution in [0.15, 0.2) is 29.3 Å². The zero-order valence-corrected chi connectivity index (χ0v) is 15.8. The van der Waals surface area contributed by atoms with Gasteiger partial charge in [0.05, 0.1) is 5.69 Å². The molecule has 5 nitrogen and oxygen atoms in total. The number of halogens is 1. The number of aliphatic imine (C=N–C) groups is 1. The molecule has 0 aliphatic carbocycles. The van der Waals surface area contributed by atoms with E-state index >= 15 is 0 Å². The summed E-state index contributed by atoms with van der Waals surface area (Å²) in [6, 6.07) is 7.54. The van der Waals surface area contributed by atoms with Gasteiger partial charge in [-0.3, -0.25) is 4.99 Å². The summed E-state index contributed by atoms with van der Waals surface area (Å²) in [6.45, 7) is 6.79. The molecule has 0 amide bonds. The lowest BCUT2D eigenvalue weighted by Gasteiger charge is -2.37. The highest BCUT2D eigenvalue weighted by molar-refractivity contribution is 14.0. The Bertz CT molecular complexity index is 473. The highest BCUT2D eigenvalue weighted by Gasteiger charge is 2.20. The molecule has 0 aromatic heterocycles. The zero-order valence-electron chi connectivity index (χ0n) is 13.5. The number of phenolic OH excluding ortho intramolecular Hbond substituents is 1. The third-order valence-corrected chi connectivity index (χ3v) is 3.83. The molecule has 1 aromatic rings. The van der Waals surface area contributed by atoms with E-state index in [4.69, 9.17) is 0 Å². The Hall–Kier alpha value is -1.18. The standard InChI is InChI=1S/C16H26N4O.HI/c1-3-4-9-18-16(17-2)20-12-10-19(11-13-20)14-7-5-6-8-15(14)21;/h5-8,21H,3-4,9-13H2,1-2H3,(H,17,18);1H. The van der Waals surface area contributed by atoms with Gasteiger partial charge in [0.2, 0.25) is 0 Å². The van der Waals surface area contributed by atoms with Gasteiger partial charge in [0.15, 0.2) is 5.96 Å². The minimum atomic E-state index is 0. The highest BCUT2D eigenvalue weighted by Crippen LogP contribution is 2.27. The fraction of sp³-hybridized carbons (Fsp3) is 0.562. The molecule has 1 heterocycles. The van der Waals surface area contributed by atoms with E-state index in [-0.39, 0.29) is 24.0 Å². The fourth-order valence-electron chi connectivity index (χ4n) is 2.60. The van der Waals surface area contributed by atoms with Gasteiger partial charge in [0.1, 0.15) is 5.75 Å². The predicted octanol–water partition coefficient (Wildman–Crippen LogP) is 2.51. The largest absolute Gasteiger partial charge is 0.506 e. The number of nitrogens with one attached hydrogen (secondary N) is 1. The number of guanidine groups is 1. The van der Waals surface area contributed by atoms with Gasteiger partial charge >= 0.3 is 0 Å². The van der Waals surface area contributed by atoms with E-state index < -0.39 is 0 Å². The number of rotatable bonds is 4. The number of anilines is 1. The van der Waals surface area contributed by atoms with Crippen LogP contribution in [0.5, 0.6) is 5.75 Å². The molecule has 1 fully saturated rings. The molecule has 1 aliphatic heterocycles. The van der Waals surface area contributed by atoms with Crippen molar-refractivity contribution < 1.29 is 5.11 Å². The van der Waals surface area contributed by atoms with Crippen molar-refractivity contribution in [1.82, 2.24) is 10.2 Å². The summed E-state index contributed by atoms with van der Waals surface area (Å²) >= 11 is 0. The zero-order chi connectivity index (χ0) is 15.1. The van der Waals surface area contributed by atoms with Crippen molar-refractivity contribution in [2.75, 3.05) is 44.7 Å². The Labute approximate surface area is 150 Å². The first-order valence-corrected chi connectivity index (χ1v) is 7.74. The Morgan fingerprint density at radius 1 is 1.23 bits per heavy atom. The quantitative estimate of drug-likeness (QED) is 0.342. The SMILES string of the molecule is CCCCNC(=NC)N1CCN(c2ccccc2O)CC1.I. The fourth-order valence-corrected chi connectivity index (χ4v) is 2.60. The Balaban J connectivity index is 0.00000242. The number of hydrogen-bond donors (Lipinski definition) is 2. The minimum Gasteiger partial charge on any atom is -0.506 e. The van der Waals surface area contributed by atoms with Crippen LogP contribution in [-0.4, -0.2) is 55.7 Å². The monoisotopic (exact) mass is 418 g/mol. The van der Waals surface area contributed by atoms with Crippen LogP contribution in [0, 0.1) is 0 Å². The van der Waals surface area contributed by atoms with Crippen LogP contribution in [0.25, 0.3) is 0 Å². The third-order valence-electron chi connectivity index (χ3n) is 3.83. The maximum atomic E-state index is 9.94. The molecule has 22 heavy (non-hydrogen) atoms. The second-order valence-electron chi connectivity index (χ2n) is 5.29. The Kier molecular flexibility index (Phi) is 8.37. The van der Waals surface area contributed by atoms with Crippen LogP contribution in [0.4, 0.5) is 5.69 Å². The van der Waals surface area contributed by atoms with E-state index in [0.717, 1.165) is 50.8 Å². The molecule has 2 rings (SSSR count). The average Bonchev–Trinajstić information content (AvgIpc) is 2.53. The van der Waals surface area contributed by atoms with Crippen molar-refractivity contribution in [3.63, 3.8) is 0 Å². The van der Waals surface area contributed by atoms with E-state index in [0.29, 0.717) is 5.75 Å². The van der Waals surface area contributed by atoms with Crippen molar-refractivity contribution in [2.24, 2.45) is 4.99 Å². The number of piperazine rings is 1. The summed E-state index contributed by atoms with van der Waals surface area (Å²) in [6.07, 6.45) is 2.35. The summed E-state index contributed by atoms with van der Waals surface area (Å²) in [5.41, 5.74) is 0.922. The second-order valence-corrected chi connectivity index (χ2v) is 5.29. The molecule has 0 unspecified atom stereocenters. The minimum absolute atomic E-state index is 0. The van der Waals surface area contributed by atoms with Crippen molar-refractivity contribution >= 4 is 35.6 Å². The first-order chi connectivity index (χ1) is 10.3. The average molecular weight is 418 g/mol. The maximum Gasteiger partial charge on any atom is 0.193 e. The summed E-state index contributed by atoms with van der Waals surface area (Å²) in [7, 11) is 1.84. The molecule has 124 valence electrons. The number of benzene rings is 1. The second kappa shape index (κ2) is 9.76. The van der Waals surface area contributed by atoms with Crippen LogP contribution in [0.2, 0.25) is 0 Å². The molecule has 1 aliphatic rings. The lowest BCUT2D eigenvalue weighted by molar-refractivity contribution is 0.369. The van der Waals surface area contributed by atoms with Crippen LogP contribution in [0.3, 0.4) is 0 Å². The smallest absolute Gasteiger partial charge is 0.193 e. The van der Waals surface area contributed by atoms with Gasteiger partial charge in [0, 0.05) is 39.8 Å².